The molecule has 0 amide bonds. The van der Waals surface area contributed by atoms with Crippen LogP contribution >= 0.6 is 0 Å². The maximum atomic E-state index is 10.4. The lowest BCUT2D eigenvalue weighted by Gasteiger charge is -2.19. The molecule has 0 radical (unpaired) electrons. The van der Waals surface area contributed by atoms with Crippen molar-refractivity contribution in [3.05, 3.63) is 12.7 Å². The average Bonchev–Trinajstić information content (AvgIpc) is 3.19. The number of aliphatic hydroxyl groups excluding tert-OH is 4. The predicted octanol–water partition coefficient (Wildman–Crippen LogP) is -1.73. The molecule has 0 aromatic carbocycles. The summed E-state index contributed by atoms with van der Waals surface area (Å²) in [6.07, 6.45) is 0.207. The summed E-state index contributed by atoms with van der Waals surface area (Å²) in [5.41, 5.74) is 12.7. The zero-order valence-electron chi connectivity index (χ0n) is 14.8. The van der Waals surface area contributed by atoms with E-state index in [0.29, 0.717) is 36.8 Å². The molecule has 27 heavy (non-hydrogen) atoms. The average molecular weight is 382 g/mol. The molecule has 11 heteroatoms. The van der Waals surface area contributed by atoms with E-state index >= 15 is 0 Å². The molecule has 3 rings (SSSR count). The SMILES string of the molecule is Nc1ncnc2c1ncn2[C@@H]1O[C@H](C[C@H](N)CCC[C@@H](O)CO)[C@@H](O)[C@H]1O. The van der Waals surface area contributed by atoms with Crippen molar-refractivity contribution in [1.29, 1.82) is 0 Å². The second-order valence-corrected chi connectivity index (χ2v) is 6.89. The Balaban J connectivity index is 1.64. The Morgan fingerprint density at radius 2 is 1.96 bits per heavy atom. The highest BCUT2D eigenvalue weighted by Gasteiger charge is 2.44. The first-order chi connectivity index (χ1) is 12.9. The molecule has 2 aromatic heterocycles. The molecule has 0 bridgehead atoms. The third-order valence-corrected chi connectivity index (χ3v) is 4.86. The fourth-order valence-electron chi connectivity index (χ4n) is 3.33. The van der Waals surface area contributed by atoms with Gasteiger partial charge in [0.15, 0.2) is 17.7 Å². The van der Waals surface area contributed by atoms with Gasteiger partial charge < -0.3 is 36.6 Å². The van der Waals surface area contributed by atoms with Crippen LogP contribution < -0.4 is 11.5 Å². The lowest BCUT2D eigenvalue weighted by Crippen LogP contribution is -2.35. The number of rotatable bonds is 8. The molecule has 0 unspecified atom stereocenters. The van der Waals surface area contributed by atoms with E-state index in [1.54, 1.807) is 0 Å². The minimum atomic E-state index is -1.17. The highest BCUT2D eigenvalue weighted by atomic mass is 16.6. The number of aliphatic hydroxyl groups is 4. The topological polar surface area (TPSA) is 186 Å². The number of nitrogens with two attached hydrogens (primary N) is 2. The van der Waals surface area contributed by atoms with E-state index in [1.807, 2.05) is 0 Å². The monoisotopic (exact) mass is 382 g/mol. The summed E-state index contributed by atoms with van der Waals surface area (Å²) >= 11 is 0. The molecule has 0 aliphatic carbocycles. The van der Waals surface area contributed by atoms with Gasteiger partial charge in [0.05, 0.1) is 25.1 Å². The van der Waals surface area contributed by atoms with E-state index < -0.39 is 30.6 Å². The van der Waals surface area contributed by atoms with Crippen molar-refractivity contribution < 1.29 is 25.2 Å². The second-order valence-electron chi connectivity index (χ2n) is 6.89. The summed E-state index contributed by atoms with van der Waals surface area (Å²) in [4.78, 5) is 12.1. The van der Waals surface area contributed by atoms with Crippen molar-refractivity contribution in [1.82, 2.24) is 19.5 Å². The first-order valence-corrected chi connectivity index (χ1v) is 8.91. The van der Waals surface area contributed by atoms with E-state index in [4.69, 9.17) is 21.3 Å². The summed E-state index contributed by atoms with van der Waals surface area (Å²) < 4.78 is 7.37. The molecule has 1 fully saturated rings. The van der Waals surface area contributed by atoms with Crippen molar-refractivity contribution in [2.24, 2.45) is 5.73 Å². The zero-order valence-corrected chi connectivity index (χ0v) is 14.8. The first kappa shape index (κ1) is 19.9. The third kappa shape index (κ3) is 4.18. The van der Waals surface area contributed by atoms with Gasteiger partial charge in [-0.3, -0.25) is 4.57 Å². The van der Waals surface area contributed by atoms with Crippen molar-refractivity contribution in [3.8, 4) is 0 Å². The van der Waals surface area contributed by atoms with Crippen LogP contribution in [0.3, 0.4) is 0 Å². The van der Waals surface area contributed by atoms with Gasteiger partial charge in [0.2, 0.25) is 0 Å². The standard InChI is InChI=1S/C16H26N6O5/c17-8(2-1-3-9(24)5-23)4-10-12(25)13(26)16(27-10)22-7-21-11-14(18)19-6-20-15(11)22/h6-10,12-13,16,23-26H,1-5,17H2,(H2,18,19,20)/t8-,9-,10-,12-,13-,16-/m1/s1. The molecular weight excluding hydrogens is 356 g/mol. The number of aromatic nitrogens is 4. The molecule has 1 aliphatic heterocycles. The predicted molar refractivity (Wildman–Crippen MR) is 95.2 cm³/mol. The van der Waals surface area contributed by atoms with E-state index in [2.05, 4.69) is 15.0 Å². The van der Waals surface area contributed by atoms with Crippen LogP contribution in [0.5, 0.6) is 0 Å². The number of fused-ring (bicyclic) bond motifs is 1. The van der Waals surface area contributed by atoms with E-state index in [9.17, 15) is 15.3 Å². The number of ether oxygens (including phenoxy) is 1. The molecule has 2 aromatic rings. The van der Waals surface area contributed by atoms with Gasteiger partial charge in [-0.15, -0.1) is 0 Å². The number of anilines is 1. The van der Waals surface area contributed by atoms with Gasteiger partial charge in [0.25, 0.3) is 0 Å². The normalized spacial score (nSPS) is 27.9. The largest absolute Gasteiger partial charge is 0.394 e. The molecule has 0 spiro atoms. The van der Waals surface area contributed by atoms with Gasteiger partial charge in [-0.05, 0) is 25.7 Å². The Bertz CT molecular complexity index is 758. The van der Waals surface area contributed by atoms with Gasteiger partial charge in [0.1, 0.15) is 24.1 Å². The van der Waals surface area contributed by atoms with Crippen LogP contribution in [0.4, 0.5) is 5.82 Å². The molecule has 8 N–H and O–H groups in total. The number of hydrogen-bond acceptors (Lipinski definition) is 10. The van der Waals surface area contributed by atoms with Crippen LogP contribution in [-0.2, 0) is 4.74 Å². The van der Waals surface area contributed by atoms with E-state index in [-0.39, 0.29) is 18.5 Å². The Kier molecular flexibility index (Phi) is 6.19. The fraction of sp³-hybridized carbons (Fsp3) is 0.688. The maximum Gasteiger partial charge on any atom is 0.167 e. The third-order valence-electron chi connectivity index (χ3n) is 4.86. The van der Waals surface area contributed by atoms with Crippen LogP contribution in [0.1, 0.15) is 31.9 Å². The van der Waals surface area contributed by atoms with Crippen molar-refractivity contribution in [2.75, 3.05) is 12.3 Å². The van der Waals surface area contributed by atoms with Gasteiger partial charge in [0, 0.05) is 6.04 Å². The zero-order chi connectivity index (χ0) is 19.6. The summed E-state index contributed by atoms with van der Waals surface area (Å²) in [5, 5.41) is 39.0. The molecule has 11 nitrogen and oxygen atoms in total. The molecule has 6 atom stereocenters. The van der Waals surface area contributed by atoms with Crippen molar-refractivity contribution in [3.63, 3.8) is 0 Å². The minimum absolute atomic E-state index is 0.218. The van der Waals surface area contributed by atoms with Crippen LogP contribution in [-0.4, -0.2) is 77.0 Å². The number of nitrogen functional groups attached to an aromatic ring is 1. The first-order valence-electron chi connectivity index (χ1n) is 8.91. The summed E-state index contributed by atoms with van der Waals surface area (Å²) in [7, 11) is 0. The molecule has 150 valence electrons. The van der Waals surface area contributed by atoms with E-state index in [1.165, 1.54) is 17.2 Å². The maximum absolute atomic E-state index is 10.4. The van der Waals surface area contributed by atoms with E-state index in [0.717, 1.165) is 0 Å². The van der Waals surface area contributed by atoms with Gasteiger partial charge in [-0.2, -0.15) is 0 Å². The quantitative estimate of drug-likeness (QED) is 0.306. The van der Waals surface area contributed by atoms with Crippen LogP contribution in [0.15, 0.2) is 12.7 Å². The van der Waals surface area contributed by atoms with Gasteiger partial charge in [-0.1, -0.05) is 0 Å². The fourth-order valence-corrected chi connectivity index (χ4v) is 3.33. The van der Waals surface area contributed by atoms with Crippen LogP contribution in [0.25, 0.3) is 11.2 Å². The Labute approximate surface area is 155 Å². The molecule has 0 saturated carbocycles. The Morgan fingerprint density at radius 1 is 1.19 bits per heavy atom. The number of imidazole rings is 1. The number of hydrogen-bond donors (Lipinski definition) is 6. The molecule has 1 saturated heterocycles. The summed E-state index contributed by atoms with van der Waals surface area (Å²) in [6.45, 7) is -0.277. The second kappa shape index (κ2) is 8.42. The Hall–Kier alpha value is -1.89. The van der Waals surface area contributed by atoms with Crippen molar-refractivity contribution in [2.45, 2.75) is 62.4 Å². The Morgan fingerprint density at radius 3 is 2.70 bits per heavy atom. The summed E-state index contributed by atoms with van der Waals surface area (Å²) in [6, 6.07) is -0.279. The lowest BCUT2D eigenvalue weighted by molar-refractivity contribution is -0.0388. The van der Waals surface area contributed by atoms with Crippen molar-refractivity contribution >= 4 is 17.0 Å². The highest BCUT2D eigenvalue weighted by molar-refractivity contribution is 5.81. The molecule has 3 heterocycles. The molecule has 1 aliphatic rings. The molecular formula is C16H26N6O5. The number of nitrogens with zero attached hydrogens (tertiary/aromatic N) is 4. The minimum Gasteiger partial charge on any atom is -0.394 e. The lowest BCUT2D eigenvalue weighted by atomic mass is 9.99. The van der Waals surface area contributed by atoms with Gasteiger partial charge >= 0.3 is 0 Å². The van der Waals surface area contributed by atoms with Gasteiger partial charge in [-0.25, -0.2) is 15.0 Å². The smallest absolute Gasteiger partial charge is 0.167 e. The summed E-state index contributed by atoms with van der Waals surface area (Å²) in [5.74, 6) is 0.218. The highest BCUT2D eigenvalue weighted by Crippen LogP contribution is 2.33. The van der Waals surface area contributed by atoms with Crippen LogP contribution in [0, 0.1) is 0 Å². The van der Waals surface area contributed by atoms with Crippen LogP contribution in [0.2, 0.25) is 0 Å².